The number of aryl methyl sites for hydroxylation is 1. The molecule has 0 aliphatic heterocycles. The minimum absolute atomic E-state index is 0.0285. The summed E-state index contributed by atoms with van der Waals surface area (Å²) in [4.78, 5) is 28.7. The number of hydrogen-bond acceptors (Lipinski definition) is 4. The normalized spacial score (nSPS) is 15.2. The van der Waals surface area contributed by atoms with Gasteiger partial charge in [-0.15, -0.1) is 0 Å². The number of hydrogen-bond donors (Lipinski definition) is 1. The number of amides is 2. The molecule has 2 amide bonds. The van der Waals surface area contributed by atoms with Crippen molar-refractivity contribution in [3.63, 3.8) is 0 Å². The summed E-state index contributed by atoms with van der Waals surface area (Å²) in [6.07, 6.45) is 6.48. The van der Waals surface area contributed by atoms with Crippen molar-refractivity contribution in [2.24, 2.45) is 0 Å². The lowest BCUT2D eigenvalue weighted by Gasteiger charge is -2.34. The number of carbonyl (C=O) groups excluding carboxylic acids is 2. The van der Waals surface area contributed by atoms with E-state index in [9.17, 15) is 18.0 Å². The van der Waals surface area contributed by atoms with E-state index in [2.05, 4.69) is 5.32 Å². The largest absolute Gasteiger partial charge is 0.352 e. The van der Waals surface area contributed by atoms with E-state index in [0.29, 0.717) is 33.3 Å². The summed E-state index contributed by atoms with van der Waals surface area (Å²) in [5, 5.41) is 3.85. The second-order valence-electron chi connectivity index (χ2n) is 9.55. The summed E-state index contributed by atoms with van der Waals surface area (Å²) in [5.41, 5.74) is 1.63. The Labute approximate surface area is 230 Å². The van der Waals surface area contributed by atoms with Crippen LogP contribution in [0.4, 0.5) is 5.69 Å². The standard InChI is InChI=1S/C27H35Cl2N3O4S/c1-4-24(27(34)30-20-12-6-5-7-13-20)31(17-21-22(28)14-10-15-23(21)29)26(33)18-32(37(3,35)36)25-16-9-8-11-19(25)2/h8-11,14-16,20,24H,4-7,12-13,17-18H2,1-3H3,(H,30,34)/t24-/m0/s1. The molecular weight excluding hydrogens is 533 g/mol. The zero-order valence-corrected chi connectivity index (χ0v) is 23.9. The second kappa shape index (κ2) is 13.0. The Bertz CT molecular complexity index is 1200. The van der Waals surface area contributed by atoms with E-state index in [4.69, 9.17) is 23.2 Å². The van der Waals surface area contributed by atoms with Crippen LogP contribution in [-0.4, -0.2) is 50.0 Å². The molecule has 0 radical (unpaired) electrons. The van der Waals surface area contributed by atoms with Crippen molar-refractivity contribution >= 4 is 50.7 Å². The van der Waals surface area contributed by atoms with Gasteiger partial charge in [-0.25, -0.2) is 8.42 Å². The van der Waals surface area contributed by atoms with Crippen LogP contribution >= 0.6 is 23.2 Å². The highest BCUT2D eigenvalue weighted by Gasteiger charge is 2.33. The molecule has 0 aromatic heterocycles. The summed E-state index contributed by atoms with van der Waals surface area (Å²) in [7, 11) is -3.80. The summed E-state index contributed by atoms with van der Waals surface area (Å²) in [6, 6.07) is 11.3. The molecule has 1 atom stereocenters. The van der Waals surface area contributed by atoms with Crippen LogP contribution in [0.1, 0.15) is 56.6 Å². The Hall–Kier alpha value is -2.29. The molecule has 3 rings (SSSR count). The van der Waals surface area contributed by atoms with Crippen molar-refractivity contribution in [2.45, 2.75) is 71.0 Å². The quantitative estimate of drug-likeness (QED) is 0.420. The fourth-order valence-electron chi connectivity index (χ4n) is 4.76. The predicted octanol–water partition coefficient (Wildman–Crippen LogP) is 5.32. The monoisotopic (exact) mass is 567 g/mol. The molecule has 10 heteroatoms. The number of halogens is 2. The molecule has 1 aliphatic carbocycles. The Balaban J connectivity index is 1.97. The fraction of sp³-hybridized carbons (Fsp3) is 0.481. The Morgan fingerprint density at radius 1 is 1.03 bits per heavy atom. The van der Waals surface area contributed by atoms with Crippen LogP contribution in [-0.2, 0) is 26.2 Å². The molecule has 2 aromatic carbocycles. The molecule has 7 nitrogen and oxygen atoms in total. The van der Waals surface area contributed by atoms with Crippen molar-refractivity contribution in [1.29, 1.82) is 0 Å². The molecule has 2 aromatic rings. The topological polar surface area (TPSA) is 86.8 Å². The first-order valence-corrected chi connectivity index (χ1v) is 15.2. The van der Waals surface area contributed by atoms with E-state index in [0.717, 1.165) is 42.7 Å². The van der Waals surface area contributed by atoms with Gasteiger partial charge in [-0.2, -0.15) is 0 Å². The first kappa shape index (κ1) is 29.3. The number of carbonyl (C=O) groups is 2. The lowest BCUT2D eigenvalue weighted by atomic mass is 9.95. The van der Waals surface area contributed by atoms with Gasteiger partial charge in [0, 0.05) is 28.2 Å². The molecular formula is C27H35Cl2N3O4S. The number of para-hydroxylation sites is 1. The van der Waals surface area contributed by atoms with Gasteiger partial charge in [0.15, 0.2) is 0 Å². The average molecular weight is 569 g/mol. The second-order valence-corrected chi connectivity index (χ2v) is 12.3. The first-order chi connectivity index (χ1) is 17.5. The van der Waals surface area contributed by atoms with Gasteiger partial charge in [0.2, 0.25) is 21.8 Å². The van der Waals surface area contributed by atoms with Crippen LogP contribution in [0.3, 0.4) is 0 Å². The minimum atomic E-state index is -3.80. The van der Waals surface area contributed by atoms with Gasteiger partial charge in [0.25, 0.3) is 0 Å². The molecule has 37 heavy (non-hydrogen) atoms. The van der Waals surface area contributed by atoms with E-state index >= 15 is 0 Å². The van der Waals surface area contributed by atoms with E-state index < -0.39 is 28.5 Å². The van der Waals surface area contributed by atoms with Crippen LogP contribution in [0, 0.1) is 6.92 Å². The zero-order chi connectivity index (χ0) is 27.2. The first-order valence-electron chi connectivity index (χ1n) is 12.6. The fourth-order valence-corrected chi connectivity index (χ4v) is 6.18. The Morgan fingerprint density at radius 3 is 2.22 bits per heavy atom. The third kappa shape index (κ3) is 7.62. The van der Waals surface area contributed by atoms with Gasteiger partial charge < -0.3 is 10.2 Å². The lowest BCUT2D eigenvalue weighted by Crippen LogP contribution is -2.54. The maximum Gasteiger partial charge on any atom is 0.244 e. The van der Waals surface area contributed by atoms with Crippen molar-refractivity contribution in [3.05, 3.63) is 63.6 Å². The Kier molecular flexibility index (Phi) is 10.3. The number of rotatable bonds is 10. The smallest absolute Gasteiger partial charge is 0.244 e. The van der Waals surface area contributed by atoms with Crippen molar-refractivity contribution < 1.29 is 18.0 Å². The van der Waals surface area contributed by atoms with Crippen LogP contribution in [0.5, 0.6) is 0 Å². The van der Waals surface area contributed by atoms with E-state index in [1.807, 2.05) is 6.92 Å². The van der Waals surface area contributed by atoms with Crippen LogP contribution in [0.15, 0.2) is 42.5 Å². The van der Waals surface area contributed by atoms with Crippen molar-refractivity contribution in [1.82, 2.24) is 10.2 Å². The van der Waals surface area contributed by atoms with Crippen molar-refractivity contribution in [2.75, 3.05) is 17.1 Å². The molecule has 1 fully saturated rings. The molecule has 1 N–H and O–H groups in total. The maximum absolute atomic E-state index is 13.9. The van der Waals surface area contributed by atoms with Gasteiger partial charge in [-0.1, -0.05) is 73.7 Å². The van der Waals surface area contributed by atoms with Gasteiger partial charge in [0.1, 0.15) is 12.6 Å². The van der Waals surface area contributed by atoms with Gasteiger partial charge in [-0.05, 0) is 49.9 Å². The van der Waals surface area contributed by atoms with E-state index in [-0.39, 0.29) is 18.5 Å². The molecule has 1 saturated carbocycles. The molecule has 0 unspecified atom stereocenters. The molecule has 1 aliphatic rings. The maximum atomic E-state index is 13.9. The lowest BCUT2D eigenvalue weighted by molar-refractivity contribution is -0.140. The molecule has 0 bridgehead atoms. The molecule has 0 saturated heterocycles. The number of nitrogens with one attached hydrogen (secondary N) is 1. The SMILES string of the molecule is CC[C@@H](C(=O)NC1CCCCC1)N(Cc1c(Cl)cccc1Cl)C(=O)CN(c1ccccc1C)S(C)(=O)=O. The van der Waals surface area contributed by atoms with E-state index in [1.165, 1.54) is 4.90 Å². The Morgan fingerprint density at radius 2 is 1.65 bits per heavy atom. The van der Waals surface area contributed by atoms with Gasteiger partial charge in [-0.3, -0.25) is 13.9 Å². The highest BCUT2D eigenvalue weighted by molar-refractivity contribution is 7.92. The van der Waals surface area contributed by atoms with Gasteiger partial charge >= 0.3 is 0 Å². The molecule has 0 heterocycles. The molecule has 0 spiro atoms. The summed E-state index contributed by atoms with van der Waals surface area (Å²) >= 11 is 12.9. The minimum Gasteiger partial charge on any atom is -0.352 e. The highest BCUT2D eigenvalue weighted by Crippen LogP contribution is 2.28. The third-order valence-electron chi connectivity index (χ3n) is 6.79. The summed E-state index contributed by atoms with van der Waals surface area (Å²) < 4.78 is 26.6. The van der Waals surface area contributed by atoms with Crippen molar-refractivity contribution in [3.8, 4) is 0 Å². The number of anilines is 1. The molecule has 202 valence electrons. The number of sulfonamides is 1. The van der Waals surface area contributed by atoms with Crippen LogP contribution in [0.25, 0.3) is 0 Å². The summed E-state index contributed by atoms with van der Waals surface area (Å²) in [5.74, 6) is -0.775. The zero-order valence-electron chi connectivity index (χ0n) is 21.5. The summed E-state index contributed by atoms with van der Waals surface area (Å²) in [6.45, 7) is 3.12. The number of nitrogens with zero attached hydrogens (tertiary/aromatic N) is 2. The van der Waals surface area contributed by atoms with Gasteiger partial charge in [0.05, 0.1) is 11.9 Å². The van der Waals surface area contributed by atoms with E-state index in [1.54, 1.807) is 49.4 Å². The third-order valence-corrected chi connectivity index (χ3v) is 8.63. The number of benzene rings is 2. The average Bonchev–Trinajstić information content (AvgIpc) is 2.84. The van der Waals surface area contributed by atoms with Crippen LogP contribution in [0.2, 0.25) is 10.0 Å². The highest BCUT2D eigenvalue weighted by atomic mass is 35.5. The van der Waals surface area contributed by atoms with Crippen LogP contribution < -0.4 is 9.62 Å². The predicted molar refractivity (Wildman–Crippen MR) is 149 cm³/mol.